The zero-order valence-corrected chi connectivity index (χ0v) is 15.0. The van der Waals surface area contributed by atoms with E-state index in [1.807, 2.05) is 0 Å². The zero-order chi connectivity index (χ0) is 15.7. The summed E-state index contributed by atoms with van der Waals surface area (Å²) >= 11 is 0. The first-order chi connectivity index (χ1) is 11.4. The van der Waals surface area contributed by atoms with E-state index in [2.05, 4.69) is 95.9 Å². The fraction of sp³-hybridized carbons (Fsp3) is 0.100. The normalized spacial score (nSPS) is 11.5. The minimum atomic E-state index is 0.808. The van der Waals surface area contributed by atoms with E-state index < -0.39 is 0 Å². The van der Waals surface area contributed by atoms with Crippen LogP contribution in [0, 0.1) is 0 Å². The maximum atomic E-state index is 2.51. The fourth-order valence-electron chi connectivity index (χ4n) is 2.36. The van der Waals surface area contributed by atoms with Crippen LogP contribution in [0.25, 0.3) is 0 Å². The van der Waals surface area contributed by atoms with Gasteiger partial charge in [-0.3, -0.25) is 0 Å². The van der Waals surface area contributed by atoms with Crippen LogP contribution in [-0.2, 0) is 0 Å². The number of benzene rings is 3. The second kappa shape index (κ2) is 8.82. The molecule has 3 aromatic rings. The highest BCUT2D eigenvalue weighted by Crippen LogP contribution is 2.24. The number of para-hydroxylation sites is 1. The van der Waals surface area contributed by atoms with Crippen molar-refractivity contribution < 1.29 is 0 Å². The average Bonchev–Trinajstić information content (AvgIpc) is 2.64. The van der Waals surface area contributed by atoms with Gasteiger partial charge in [0.2, 0.25) is 0 Å². The van der Waals surface area contributed by atoms with Crippen molar-refractivity contribution in [2.24, 2.45) is 0 Å². The van der Waals surface area contributed by atoms with Crippen molar-refractivity contribution in [3.63, 3.8) is 0 Å². The molecule has 0 fully saturated rings. The summed E-state index contributed by atoms with van der Waals surface area (Å²) in [5.41, 5.74) is 1.32. The Morgan fingerprint density at radius 1 is 0.522 bits per heavy atom. The van der Waals surface area contributed by atoms with Crippen LogP contribution in [0.3, 0.4) is 0 Å². The molecule has 0 heterocycles. The van der Waals surface area contributed by atoms with Crippen molar-refractivity contribution in [3.8, 4) is 0 Å². The Hall–Kier alpha value is -1.68. The average molecular weight is 337 g/mol. The molecule has 3 aromatic carbocycles. The highest BCUT2D eigenvalue weighted by atomic mass is 31.1. The van der Waals surface area contributed by atoms with Gasteiger partial charge in [0.05, 0.1) is 0 Å². The van der Waals surface area contributed by atoms with Gasteiger partial charge in [0.15, 0.2) is 0 Å². The molecule has 2 unspecified atom stereocenters. The van der Waals surface area contributed by atoms with E-state index in [-0.39, 0.29) is 0 Å². The number of hydrogen-bond acceptors (Lipinski definition) is 1. The molecule has 0 bridgehead atoms. The monoisotopic (exact) mass is 337 g/mol. The summed E-state index contributed by atoms with van der Waals surface area (Å²) in [5.74, 6) is 0. The first kappa shape index (κ1) is 16.2. The van der Waals surface area contributed by atoms with E-state index in [0.29, 0.717) is 0 Å². The van der Waals surface area contributed by atoms with Crippen molar-refractivity contribution in [2.45, 2.75) is 0 Å². The van der Waals surface area contributed by atoms with Crippen molar-refractivity contribution in [1.82, 2.24) is 0 Å². The van der Waals surface area contributed by atoms with Crippen LogP contribution in [0.5, 0.6) is 0 Å². The van der Waals surface area contributed by atoms with E-state index in [1.165, 1.54) is 16.3 Å². The van der Waals surface area contributed by atoms with Gasteiger partial charge in [0, 0.05) is 18.3 Å². The molecule has 0 radical (unpaired) electrons. The number of anilines is 1. The minimum absolute atomic E-state index is 0.808. The lowest BCUT2D eigenvalue weighted by molar-refractivity contribution is 1.06. The van der Waals surface area contributed by atoms with Gasteiger partial charge in [0.25, 0.3) is 0 Å². The Morgan fingerprint density at radius 3 is 1.35 bits per heavy atom. The van der Waals surface area contributed by atoms with E-state index in [0.717, 1.165) is 29.7 Å². The van der Waals surface area contributed by atoms with E-state index in [9.17, 15) is 0 Å². The molecule has 0 amide bonds. The molecule has 0 spiro atoms. The highest BCUT2D eigenvalue weighted by molar-refractivity contribution is 7.48. The van der Waals surface area contributed by atoms with Crippen LogP contribution < -0.4 is 15.5 Å². The molecule has 0 aliphatic heterocycles. The third-order valence-corrected chi connectivity index (χ3v) is 6.18. The fourth-order valence-corrected chi connectivity index (χ4v) is 4.78. The molecule has 0 aromatic heterocycles. The van der Waals surface area contributed by atoms with Gasteiger partial charge in [-0.25, -0.2) is 0 Å². The first-order valence-electron chi connectivity index (χ1n) is 7.80. The topological polar surface area (TPSA) is 3.24 Å². The second-order valence-corrected chi connectivity index (χ2v) is 7.77. The summed E-state index contributed by atoms with van der Waals surface area (Å²) in [6, 6.07) is 32.3. The third-order valence-electron chi connectivity index (χ3n) is 3.62. The highest BCUT2D eigenvalue weighted by Gasteiger charge is 2.06. The Kier molecular flexibility index (Phi) is 6.21. The van der Waals surface area contributed by atoms with Gasteiger partial charge in [0.1, 0.15) is 0 Å². The molecule has 0 aliphatic carbocycles. The smallest absolute Gasteiger partial charge is 0.0393 e. The first-order valence-corrected chi connectivity index (χ1v) is 10.2. The van der Waals surface area contributed by atoms with Crippen LogP contribution in [0.4, 0.5) is 5.69 Å². The Labute approximate surface area is 142 Å². The summed E-state index contributed by atoms with van der Waals surface area (Å²) in [5, 5.41) is 2.85. The predicted octanol–water partition coefficient (Wildman–Crippen LogP) is 4.42. The van der Waals surface area contributed by atoms with Gasteiger partial charge in [-0.05, 0) is 22.7 Å². The van der Waals surface area contributed by atoms with Crippen LogP contribution in [0.15, 0.2) is 91.0 Å². The predicted molar refractivity (Wildman–Crippen MR) is 107 cm³/mol. The van der Waals surface area contributed by atoms with Crippen LogP contribution in [-0.4, -0.2) is 12.6 Å². The summed E-state index contributed by atoms with van der Waals surface area (Å²) in [6.45, 7) is 0. The molecule has 1 nitrogen and oxygen atoms in total. The summed E-state index contributed by atoms with van der Waals surface area (Å²) < 4.78 is 0. The Bertz CT molecular complexity index is 643. The quantitative estimate of drug-likeness (QED) is 0.577. The zero-order valence-electron chi connectivity index (χ0n) is 13.0. The molecule has 2 atom stereocenters. The SMILES string of the molecule is c1ccc(PCN(CPc2ccccc2)c2ccccc2)cc1. The molecule has 3 heteroatoms. The lowest BCUT2D eigenvalue weighted by Crippen LogP contribution is -2.23. The van der Waals surface area contributed by atoms with Crippen LogP contribution >= 0.6 is 17.2 Å². The standard InChI is InChI=1S/C20H21NP2/c1-4-10-18(11-5-1)21(16-22-19-12-6-2-7-13-19)17-23-20-14-8-3-9-15-20/h1-15,22-23H,16-17H2. The van der Waals surface area contributed by atoms with Gasteiger partial charge in [-0.15, -0.1) is 0 Å². The van der Waals surface area contributed by atoms with Gasteiger partial charge >= 0.3 is 0 Å². The van der Waals surface area contributed by atoms with E-state index >= 15 is 0 Å². The molecule has 0 saturated heterocycles. The van der Waals surface area contributed by atoms with Crippen molar-refractivity contribution in [3.05, 3.63) is 91.0 Å². The lowest BCUT2D eigenvalue weighted by Gasteiger charge is -2.25. The molecule has 0 saturated carbocycles. The minimum Gasteiger partial charge on any atom is -0.363 e. The summed E-state index contributed by atoms with van der Waals surface area (Å²) in [7, 11) is 1.62. The second-order valence-electron chi connectivity index (χ2n) is 5.28. The Morgan fingerprint density at radius 2 is 0.913 bits per heavy atom. The van der Waals surface area contributed by atoms with Crippen LogP contribution in [0.1, 0.15) is 0 Å². The number of nitrogens with zero attached hydrogens (tertiary/aromatic N) is 1. The van der Waals surface area contributed by atoms with Gasteiger partial charge in [-0.1, -0.05) is 96.0 Å². The molecular formula is C20H21NP2. The maximum absolute atomic E-state index is 2.51. The molecule has 0 N–H and O–H groups in total. The molecule has 3 rings (SSSR count). The van der Waals surface area contributed by atoms with Crippen molar-refractivity contribution >= 4 is 33.5 Å². The third kappa shape index (κ3) is 5.17. The molecule has 23 heavy (non-hydrogen) atoms. The number of hydrogen-bond donors (Lipinski definition) is 0. The van der Waals surface area contributed by atoms with E-state index in [1.54, 1.807) is 0 Å². The van der Waals surface area contributed by atoms with Gasteiger partial charge in [-0.2, -0.15) is 0 Å². The number of rotatable bonds is 7. The van der Waals surface area contributed by atoms with Crippen molar-refractivity contribution in [2.75, 3.05) is 17.5 Å². The molecule has 116 valence electrons. The van der Waals surface area contributed by atoms with Gasteiger partial charge < -0.3 is 4.90 Å². The molecular weight excluding hydrogens is 316 g/mol. The van der Waals surface area contributed by atoms with Crippen molar-refractivity contribution in [1.29, 1.82) is 0 Å². The van der Waals surface area contributed by atoms with Crippen LogP contribution in [0.2, 0.25) is 0 Å². The summed E-state index contributed by atoms with van der Waals surface area (Å²) in [6.07, 6.45) is 2.15. The maximum Gasteiger partial charge on any atom is 0.0393 e. The summed E-state index contributed by atoms with van der Waals surface area (Å²) in [4.78, 5) is 2.51. The lowest BCUT2D eigenvalue weighted by atomic mass is 10.3. The Balaban J connectivity index is 1.66. The largest absolute Gasteiger partial charge is 0.363 e. The molecule has 0 aliphatic rings. The van der Waals surface area contributed by atoms with E-state index in [4.69, 9.17) is 0 Å².